The third kappa shape index (κ3) is 27.6. The zero-order valence-electron chi connectivity index (χ0n) is 74.3. The maximum Gasteiger partial charge on any atom is 0.246 e. The number of para-hydroxylation sites is 2. The molecule has 131 heavy (non-hydrogen) atoms. The van der Waals surface area contributed by atoms with Crippen LogP contribution in [-0.4, -0.2) is 322 Å². The first kappa shape index (κ1) is 101. The van der Waals surface area contributed by atoms with E-state index in [-0.39, 0.29) is 62.9 Å². The first-order valence-electron chi connectivity index (χ1n) is 43.5. The fourth-order valence-electron chi connectivity index (χ4n) is 16.3. The number of hydrogen-bond acceptors (Lipinski definition) is 23. The van der Waals surface area contributed by atoms with Crippen molar-refractivity contribution < 1.29 is 102 Å². The summed E-state index contributed by atoms with van der Waals surface area (Å²) >= 11 is 0.779. The highest BCUT2D eigenvalue weighted by molar-refractivity contribution is 8.00. The van der Waals surface area contributed by atoms with Gasteiger partial charge in [0.15, 0.2) is 5.78 Å². The van der Waals surface area contributed by atoms with E-state index in [1.807, 2.05) is 13.8 Å². The third-order valence-electron chi connectivity index (χ3n) is 23.7. The summed E-state index contributed by atoms with van der Waals surface area (Å²) in [4.78, 5) is 280. The standard InChI is InChI=1S/C88H119N21O21S/c1-8-10-21-68-87(129)104(4)43-75(117)98-66(79(121)95-41-74(91)116)45-131-46-76(118)97-62(31-49-24-26-54(111)27-25-49)83(125)105(5)48(3)77(119)101-64(37-73(90)115)86(128)108-30-16-23-67(108)82(124)100-61(35-53-40-92-47-96-53)80(122)99-60(28-29-72(89)114)85(127)109-42-55(112)36-70(109)71(113)34-50(32-51-38-93-58-19-14-12-17-56(51)58)78(120)103-65(44-110)81(123)102-63(33-52-39-94-59-20-15-13-18-57(52)59)84(126)106(6)69(22-11-9-2)88(130)107(68)7/h12-15,17-20,24-27,38-40,47-48,50,55,60-70,93-94,110-112H,8-11,16,21-23,28-37,41-46H2,1-7H3,(H2,89,114)(H2,90,115)(H2,91,116)(H,92,96)(H,95,121)(H,97,118)(H,98,117)(H,99,122)(H,100,124)(H,101,119)(H,102,123)(H,103,120)/t48-,50+,55+,60-,61-,62-,63-,64-,65-,66-,67-,68-,69-,70-/m0/s1. The number of benzene rings is 3. The quantitative estimate of drug-likeness (QED) is 0.0306. The maximum absolute atomic E-state index is 15.6. The Morgan fingerprint density at radius 3 is 1.74 bits per heavy atom. The van der Waals surface area contributed by atoms with Crippen LogP contribution in [0.2, 0.25) is 0 Å². The van der Waals surface area contributed by atoms with Crippen molar-refractivity contribution in [2.45, 2.75) is 209 Å². The van der Waals surface area contributed by atoms with Crippen LogP contribution in [0.25, 0.3) is 21.8 Å². The smallest absolute Gasteiger partial charge is 0.246 e. The number of aromatic nitrogens is 4. The summed E-state index contributed by atoms with van der Waals surface area (Å²) < 4.78 is 0. The van der Waals surface area contributed by atoms with Gasteiger partial charge in [-0.25, -0.2) is 4.98 Å². The van der Waals surface area contributed by atoms with E-state index in [1.54, 1.807) is 60.9 Å². The number of nitrogens with two attached hydrogens (primary N) is 3. The molecule has 3 aromatic carbocycles. The van der Waals surface area contributed by atoms with E-state index >= 15 is 33.6 Å². The number of primary amides is 3. The Kier molecular flexibility index (Phi) is 37.0. The number of ketones is 1. The van der Waals surface area contributed by atoms with Gasteiger partial charge in [0.1, 0.15) is 72.2 Å². The molecule has 14 atom stereocenters. The number of aromatic hydroxyl groups is 1. The summed E-state index contributed by atoms with van der Waals surface area (Å²) in [6.45, 7) is 1.75. The van der Waals surface area contributed by atoms with E-state index in [4.69, 9.17) is 17.2 Å². The highest BCUT2D eigenvalue weighted by Gasteiger charge is 2.47. The number of aromatic amines is 3. The molecule has 0 spiro atoms. The number of phenolic OH excluding ortho intramolecular Hbond substituents is 1. The van der Waals surface area contributed by atoms with Crippen LogP contribution < -0.4 is 59.7 Å². The van der Waals surface area contributed by atoms with Crippen molar-refractivity contribution in [2.24, 2.45) is 23.1 Å². The van der Waals surface area contributed by atoms with Crippen LogP contribution in [0.5, 0.6) is 5.75 Å². The van der Waals surface area contributed by atoms with Crippen molar-refractivity contribution in [3.8, 4) is 5.75 Å². The number of rotatable bonds is 23. The second kappa shape index (κ2) is 47.8. The summed E-state index contributed by atoms with van der Waals surface area (Å²) in [7, 11) is 5.20. The van der Waals surface area contributed by atoms with Gasteiger partial charge in [0, 0.05) is 132 Å². The van der Waals surface area contributed by atoms with Gasteiger partial charge < -0.3 is 119 Å². The molecule has 17 amide bonds. The van der Waals surface area contributed by atoms with Gasteiger partial charge in [0.05, 0.1) is 56.0 Å². The highest BCUT2D eigenvalue weighted by atomic mass is 32.2. The molecule has 20 N–H and O–H groups in total. The van der Waals surface area contributed by atoms with Gasteiger partial charge in [-0.1, -0.05) is 88.1 Å². The number of thioether (sulfide) groups is 1. The third-order valence-corrected chi connectivity index (χ3v) is 24.8. The van der Waals surface area contributed by atoms with Crippen molar-refractivity contribution in [2.75, 3.05) is 72.5 Å². The number of amides is 17. The Morgan fingerprint density at radius 1 is 0.557 bits per heavy atom. The number of nitrogens with one attached hydrogen (secondary N) is 11. The van der Waals surface area contributed by atoms with Crippen molar-refractivity contribution in [1.82, 2.24) is 91.9 Å². The average Bonchev–Trinajstić information content (AvgIpc) is 1.76. The molecule has 3 aliphatic heterocycles. The van der Waals surface area contributed by atoms with Crippen LogP contribution in [0.4, 0.5) is 0 Å². The predicted molar refractivity (Wildman–Crippen MR) is 476 cm³/mol. The fraction of sp³-hybridized carbons (Fsp3) is 0.511. The van der Waals surface area contributed by atoms with E-state index in [0.29, 0.717) is 64.2 Å². The Balaban J connectivity index is 1.08. The van der Waals surface area contributed by atoms with Crippen molar-refractivity contribution in [3.05, 3.63) is 120 Å². The number of Topliss-reactive ketones (excluding diaryl/α,β-unsaturated/α-hetero) is 1. The fourth-order valence-corrected chi connectivity index (χ4v) is 17.2. The van der Waals surface area contributed by atoms with E-state index in [1.165, 1.54) is 76.8 Å². The first-order valence-corrected chi connectivity index (χ1v) is 44.7. The minimum absolute atomic E-state index is 0.0155. The van der Waals surface area contributed by atoms with E-state index in [2.05, 4.69) is 62.5 Å². The van der Waals surface area contributed by atoms with Crippen LogP contribution in [0, 0.1) is 5.92 Å². The Hall–Kier alpha value is -13.3. The second-order valence-electron chi connectivity index (χ2n) is 33.4. The number of hydrogen-bond donors (Lipinski definition) is 17. The lowest BCUT2D eigenvalue weighted by Gasteiger charge is -2.37. The summed E-state index contributed by atoms with van der Waals surface area (Å²) in [5.41, 5.74) is 19.6. The number of aliphatic hydroxyl groups excluding tert-OH is 2. The van der Waals surface area contributed by atoms with Crippen molar-refractivity contribution >= 4 is 140 Å². The number of carbonyl (C=O) groups excluding carboxylic acids is 18. The minimum Gasteiger partial charge on any atom is -0.508 e. The van der Waals surface area contributed by atoms with Crippen molar-refractivity contribution in [3.63, 3.8) is 0 Å². The minimum atomic E-state index is -1.87. The molecular formula is C88H119N21O21S. The molecule has 0 unspecified atom stereocenters. The average molecular weight is 1840 g/mol. The molecule has 0 bridgehead atoms. The van der Waals surface area contributed by atoms with Crippen molar-refractivity contribution in [1.29, 1.82) is 0 Å². The van der Waals surface area contributed by atoms with Gasteiger partial charge in [0.25, 0.3) is 0 Å². The number of H-pyrrole nitrogens is 3. The number of likely N-dealkylation sites (N-methyl/N-ethyl adjacent to an activating group) is 4. The number of carbonyl (C=O) groups is 18. The Bertz CT molecular complexity index is 5120. The van der Waals surface area contributed by atoms with E-state index < -0.39 is 267 Å². The molecule has 3 aliphatic rings. The molecule has 708 valence electrons. The lowest BCUT2D eigenvalue weighted by atomic mass is 9.90. The number of aliphatic hydroxyl groups is 2. The number of fused-ring (bicyclic) bond motifs is 4. The lowest BCUT2D eigenvalue weighted by molar-refractivity contribution is -0.151. The van der Waals surface area contributed by atoms with E-state index in [0.717, 1.165) is 36.3 Å². The molecule has 0 aliphatic carbocycles. The molecule has 43 heteroatoms. The number of imidazole rings is 1. The van der Waals surface area contributed by atoms with Gasteiger partial charge in [-0.2, -0.15) is 0 Å². The summed E-state index contributed by atoms with van der Waals surface area (Å²) in [5, 5.41) is 54.7. The van der Waals surface area contributed by atoms with Crippen LogP contribution in [0.15, 0.2) is 97.7 Å². The van der Waals surface area contributed by atoms with E-state index in [9.17, 15) is 68.1 Å². The lowest BCUT2D eigenvalue weighted by Crippen LogP contribution is -2.60. The molecule has 6 heterocycles. The molecule has 3 fully saturated rings. The zero-order chi connectivity index (χ0) is 95.6. The largest absolute Gasteiger partial charge is 0.508 e. The first-order chi connectivity index (χ1) is 62.4. The van der Waals surface area contributed by atoms with Gasteiger partial charge in [-0.15, -0.1) is 11.8 Å². The highest BCUT2D eigenvalue weighted by Crippen LogP contribution is 2.30. The van der Waals surface area contributed by atoms with Crippen LogP contribution >= 0.6 is 11.8 Å². The van der Waals surface area contributed by atoms with Crippen LogP contribution in [0.1, 0.15) is 127 Å². The second-order valence-corrected chi connectivity index (χ2v) is 34.4. The summed E-state index contributed by atoms with van der Waals surface area (Å²) in [6, 6.07) is 0.797. The SMILES string of the molecule is CCCC[C@H]1C(=O)N(C)[C@@H](CCCC)C(=O)N(C)CC(=O)N[C@H](C(=O)NCC(N)=O)CSCC(=O)N[C@@H](Cc2ccc(O)cc2)C(=O)N(C)[C@@H](C)C(=O)N[C@@H](CC(N)=O)C(=O)N2CCC[C@H]2C(=O)N[C@@H](Cc2c[nH]cn2)C(=O)N[C@@H](CCC(N)=O)C(=O)N2C[C@H](O)C[C@H]2C(=O)C[C@@H](Cc2c[nH]c3ccccc23)C(=O)N[C@@H](CO)C(=O)N[C@@H](Cc2c[nH]c3ccccc23)C(=O)N1C. The van der Waals surface area contributed by atoms with Gasteiger partial charge >= 0.3 is 0 Å². The molecule has 3 aromatic heterocycles. The molecule has 0 saturated carbocycles. The van der Waals surface area contributed by atoms with Crippen LogP contribution in [0.3, 0.4) is 0 Å². The predicted octanol–water partition coefficient (Wildman–Crippen LogP) is -2.91. The topological polar surface area (TPSA) is 622 Å². The molecule has 42 nitrogen and oxygen atoms in total. The van der Waals surface area contributed by atoms with Gasteiger partial charge in [-0.3, -0.25) is 86.3 Å². The molecular weight excluding hydrogens is 1720 g/mol. The molecule has 6 aromatic rings. The number of nitrogens with zero attached hydrogens (tertiary/aromatic N) is 7. The summed E-state index contributed by atoms with van der Waals surface area (Å²) in [5.74, 6) is -19.4. The maximum atomic E-state index is 15.6. The normalized spacial score (nSPS) is 24.7. The molecule has 0 radical (unpaired) electrons. The Morgan fingerprint density at radius 2 is 1.13 bits per heavy atom. The zero-order valence-corrected chi connectivity index (χ0v) is 75.1. The van der Waals surface area contributed by atoms with Gasteiger partial charge in [-0.05, 0) is 86.4 Å². The number of phenols is 1. The monoisotopic (exact) mass is 1840 g/mol. The Labute approximate surface area is 759 Å². The van der Waals surface area contributed by atoms with Crippen LogP contribution in [-0.2, 0) is 112 Å². The molecule has 9 rings (SSSR count). The van der Waals surface area contributed by atoms with Gasteiger partial charge in [0.2, 0.25) is 100 Å². The number of unbranched alkanes of at least 4 members (excludes halogenated alkanes) is 2. The summed E-state index contributed by atoms with van der Waals surface area (Å²) in [6.07, 6.45) is 2.21. The molecule has 3 saturated heterocycles.